The maximum absolute atomic E-state index is 11.0. The lowest BCUT2D eigenvalue weighted by atomic mass is 10.3. The van der Waals surface area contributed by atoms with Crippen LogP contribution < -0.4 is 0 Å². The molecule has 1 atom stereocenters. The van der Waals surface area contributed by atoms with E-state index in [0.717, 1.165) is 0 Å². The largest absolute Gasteiger partial charge is 0.463 e. The smallest absolute Gasteiger partial charge is 0.373 e. The van der Waals surface area contributed by atoms with E-state index >= 15 is 0 Å². The van der Waals surface area contributed by atoms with Crippen molar-refractivity contribution >= 4 is 40.8 Å². The number of ether oxygens (including phenoxy) is 1. The number of alkyl halides is 3. The maximum atomic E-state index is 11.0. The van der Waals surface area contributed by atoms with Gasteiger partial charge < -0.3 is 14.3 Å². The highest BCUT2D eigenvalue weighted by Gasteiger charge is 2.34. The Hall–Kier alpha value is -0.420. The minimum absolute atomic E-state index is 0.0181. The van der Waals surface area contributed by atoms with Gasteiger partial charge in [-0.3, -0.25) is 0 Å². The number of carbonyl (C=O) groups excluding carboxylic acids is 1. The van der Waals surface area contributed by atoms with Crippen LogP contribution in [0.15, 0.2) is 16.5 Å². The van der Waals surface area contributed by atoms with Gasteiger partial charge in [0.25, 0.3) is 0 Å². The molecule has 7 heteroatoms. The summed E-state index contributed by atoms with van der Waals surface area (Å²) >= 11 is 16.3. The Balaban J connectivity index is 2.89. The number of halogens is 3. The van der Waals surface area contributed by atoms with Gasteiger partial charge in [-0.1, -0.05) is 34.8 Å². The van der Waals surface area contributed by atoms with Gasteiger partial charge >= 0.3 is 5.97 Å². The number of carbonyl (C=O) groups is 1. The molecule has 4 nitrogen and oxygen atoms in total. The molecule has 0 fully saturated rings. The third-order valence-corrected chi connectivity index (χ3v) is 2.21. The van der Waals surface area contributed by atoms with Crippen molar-refractivity contribution in [3.05, 3.63) is 23.7 Å². The first-order valence-corrected chi connectivity index (χ1v) is 4.92. The Bertz CT molecular complexity index is 355. The Labute approximate surface area is 101 Å². The Morgan fingerprint density at radius 2 is 2.13 bits per heavy atom. The topological polar surface area (TPSA) is 59.7 Å². The van der Waals surface area contributed by atoms with E-state index in [4.69, 9.17) is 39.2 Å². The highest BCUT2D eigenvalue weighted by Crippen LogP contribution is 2.40. The minimum atomic E-state index is -1.91. The fourth-order valence-corrected chi connectivity index (χ4v) is 1.19. The lowest BCUT2D eigenvalue weighted by Gasteiger charge is -2.15. The van der Waals surface area contributed by atoms with Gasteiger partial charge in [-0.15, -0.1) is 0 Å². The second kappa shape index (κ2) is 4.61. The third-order valence-electron chi connectivity index (χ3n) is 1.59. The van der Waals surface area contributed by atoms with Gasteiger partial charge in [0.15, 0.2) is 6.10 Å². The van der Waals surface area contributed by atoms with Crippen molar-refractivity contribution in [2.24, 2.45) is 0 Å². The number of esters is 1. The Kier molecular flexibility index (Phi) is 3.89. The van der Waals surface area contributed by atoms with E-state index < -0.39 is 15.9 Å². The van der Waals surface area contributed by atoms with Gasteiger partial charge in [-0.25, -0.2) is 4.79 Å². The van der Waals surface area contributed by atoms with Crippen LogP contribution in [0.4, 0.5) is 0 Å². The molecule has 0 amide bonds. The lowest BCUT2D eigenvalue weighted by Crippen LogP contribution is -2.15. The summed E-state index contributed by atoms with van der Waals surface area (Å²) < 4.78 is 7.44. The van der Waals surface area contributed by atoms with Crippen LogP contribution in [0.2, 0.25) is 0 Å². The quantitative estimate of drug-likeness (QED) is 0.664. The van der Waals surface area contributed by atoms with Crippen molar-refractivity contribution in [2.75, 3.05) is 7.11 Å². The van der Waals surface area contributed by atoms with Crippen molar-refractivity contribution in [2.45, 2.75) is 9.90 Å². The van der Waals surface area contributed by atoms with Crippen LogP contribution in [0, 0.1) is 0 Å². The molecule has 1 heterocycles. The number of aliphatic hydroxyl groups is 1. The van der Waals surface area contributed by atoms with Crippen molar-refractivity contribution in [1.82, 2.24) is 0 Å². The van der Waals surface area contributed by atoms with E-state index in [1.807, 2.05) is 0 Å². The number of furan rings is 1. The summed E-state index contributed by atoms with van der Waals surface area (Å²) in [5, 5.41) is 9.48. The van der Waals surface area contributed by atoms with Crippen molar-refractivity contribution < 1.29 is 19.1 Å². The fraction of sp³-hybridized carbons (Fsp3) is 0.375. The van der Waals surface area contributed by atoms with Crippen LogP contribution >= 0.6 is 34.8 Å². The van der Waals surface area contributed by atoms with Crippen LogP contribution in [0.1, 0.15) is 22.4 Å². The second-order valence-corrected chi connectivity index (χ2v) is 5.01. The van der Waals surface area contributed by atoms with Gasteiger partial charge in [-0.2, -0.15) is 0 Å². The summed E-state index contributed by atoms with van der Waals surface area (Å²) in [5.74, 6) is -0.756. The van der Waals surface area contributed by atoms with Crippen LogP contribution in [0.5, 0.6) is 0 Å². The number of hydrogen-bond donors (Lipinski definition) is 1. The van der Waals surface area contributed by atoms with Gasteiger partial charge in [0.1, 0.15) is 5.76 Å². The molecule has 0 spiro atoms. The predicted octanol–water partition coefficient (Wildman–Crippen LogP) is 2.47. The van der Waals surface area contributed by atoms with Gasteiger partial charge in [0.05, 0.1) is 7.11 Å². The molecule has 1 rings (SSSR count). The molecule has 1 N–H and O–H groups in total. The van der Waals surface area contributed by atoms with Crippen LogP contribution in [0.3, 0.4) is 0 Å². The third kappa shape index (κ3) is 3.01. The molecule has 0 aliphatic heterocycles. The molecule has 0 saturated carbocycles. The molecule has 1 aromatic rings. The Morgan fingerprint density at radius 1 is 1.53 bits per heavy atom. The maximum Gasteiger partial charge on any atom is 0.373 e. The number of hydrogen-bond acceptors (Lipinski definition) is 4. The molecule has 0 aromatic carbocycles. The molecular formula is C8H7Cl3O4. The van der Waals surface area contributed by atoms with Crippen molar-refractivity contribution in [3.8, 4) is 0 Å². The van der Waals surface area contributed by atoms with Crippen LogP contribution in [-0.4, -0.2) is 22.0 Å². The van der Waals surface area contributed by atoms with Gasteiger partial charge in [0, 0.05) is 0 Å². The van der Waals surface area contributed by atoms with E-state index in [0.29, 0.717) is 0 Å². The van der Waals surface area contributed by atoms with E-state index in [-0.39, 0.29) is 11.5 Å². The fourth-order valence-electron chi connectivity index (χ4n) is 0.871. The lowest BCUT2D eigenvalue weighted by molar-refractivity contribution is 0.0555. The first-order valence-electron chi connectivity index (χ1n) is 3.79. The molecule has 0 unspecified atom stereocenters. The minimum Gasteiger partial charge on any atom is -0.463 e. The number of methoxy groups -OCH3 is 1. The monoisotopic (exact) mass is 272 g/mol. The molecule has 15 heavy (non-hydrogen) atoms. The van der Waals surface area contributed by atoms with Crippen LogP contribution in [-0.2, 0) is 4.74 Å². The van der Waals surface area contributed by atoms with E-state index in [2.05, 4.69) is 4.74 Å². The van der Waals surface area contributed by atoms with E-state index in [1.165, 1.54) is 19.2 Å². The van der Waals surface area contributed by atoms with Crippen molar-refractivity contribution in [1.29, 1.82) is 0 Å². The zero-order valence-corrected chi connectivity index (χ0v) is 9.81. The summed E-state index contributed by atoms with van der Waals surface area (Å²) in [6.07, 6.45) is -1.44. The predicted molar refractivity (Wildman–Crippen MR) is 55.3 cm³/mol. The second-order valence-electron chi connectivity index (χ2n) is 2.64. The molecule has 0 bridgehead atoms. The Morgan fingerprint density at radius 3 is 2.60 bits per heavy atom. The van der Waals surface area contributed by atoms with Crippen molar-refractivity contribution in [3.63, 3.8) is 0 Å². The average Bonchev–Trinajstić information content (AvgIpc) is 2.62. The molecule has 0 saturated heterocycles. The zero-order chi connectivity index (χ0) is 11.6. The SMILES string of the molecule is COC(=O)c1ccc([C@@H](O)C(Cl)(Cl)Cl)o1. The molecular weight excluding hydrogens is 266 g/mol. The highest BCUT2D eigenvalue weighted by molar-refractivity contribution is 6.67. The molecule has 0 radical (unpaired) electrons. The first kappa shape index (κ1) is 12.6. The molecule has 1 aromatic heterocycles. The van der Waals surface area contributed by atoms with E-state index in [9.17, 15) is 9.90 Å². The summed E-state index contributed by atoms with van der Waals surface area (Å²) in [6.45, 7) is 0. The summed E-state index contributed by atoms with van der Waals surface area (Å²) in [7, 11) is 1.20. The zero-order valence-electron chi connectivity index (χ0n) is 7.54. The van der Waals surface area contributed by atoms with Gasteiger partial charge in [-0.05, 0) is 12.1 Å². The standard InChI is InChI=1S/C8H7Cl3O4/c1-14-7(13)5-3-2-4(15-5)6(12)8(9,10)11/h2-3,6,12H,1H3/t6-/m1/s1. The molecule has 0 aliphatic rings. The summed E-state index contributed by atoms with van der Waals surface area (Å²) in [6, 6.07) is 2.65. The molecule has 84 valence electrons. The number of aliphatic hydroxyl groups excluding tert-OH is 1. The van der Waals surface area contributed by atoms with E-state index in [1.54, 1.807) is 0 Å². The van der Waals surface area contributed by atoms with Gasteiger partial charge in [0.2, 0.25) is 9.55 Å². The summed E-state index contributed by atoms with van der Waals surface area (Å²) in [5.41, 5.74) is 0. The molecule has 0 aliphatic carbocycles. The first-order chi connectivity index (χ1) is 6.86. The normalized spacial score (nSPS) is 13.7. The summed E-state index contributed by atoms with van der Waals surface area (Å²) in [4.78, 5) is 11.0. The highest BCUT2D eigenvalue weighted by atomic mass is 35.6. The van der Waals surface area contributed by atoms with Crippen LogP contribution in [0.25, 0.3) is 0 Å². The average molecular weight is 273 g/mol. The number of rotatable bonds is 2.